The van der Waals surface area contributed by atoms with Crippen molar-refractivity contribution in [3.8, 4) is 103 Å². The predicted molar refractivity (Wildman–Crippen MR) is 458 cm³/mol. The van der Waals surface area contributed by atoms with Crippen LogP contribution < -0.4 is 94.5 Å². The zero-order valence-electron chi connectivity index (χ0n) is 75.0. The maximum Gasteiger partial charge on any atom is 0.573 e. The number of allylic oxidation sites excluding steroid dienone is 1. The fourth-order valence-corrected chi connectivity index (χ4v) is 11.2. The Morgan fingerprint density at radius 3 is 1.01 bits per heavy atom. The lowest BCUT2D eigenvalue weighted by atomic mass is 10.1. The number of nitrogens with two attached hydrogens (primary N) is 2. The number of aromatic nitrogens is 10. The largest absolute Gasteiger partial charge is 0.573 e. The topological polar surface area (TPSA) is 506 Å². The number of fused-ring (bicyclic) bond motifs is 2. The Hall–Kier alpha value is -16.5. The fraction of sp³-hybridized carbons (Fsp3) is 0.253. The van der Waals surface area contributed by atoms with Crippen LogP contribution in [-0.4, -0.2) is 205 Å². The number of H-pyrrole nitrogens is 6. The van der Waals surface area contributed by atoms with Gasteiger partial charge in [0, 0.05) is 67.6 Å². The number of nitrogen functional groups attached to an aromatic ring is 2. The summed E-state index contributed by atoms with van der Waals surface area (Å²) in [7, 11) is 11.4. The highest BCUT2D eigenvalue weighted by atomic mass is 79.9. The van der Waals surface area contributed by atoms with Crippen molar-refractivity contribution in [1.29, 1.82) is 0 Å². The molecule has 60 heteroatoms. The average molecular weight is 2130 g/mol. The van der Waals surface area contributed by atoms with Gasteiger partial charge in [0.25, 0.3) is 22.6 Å². The smallest absolute Gasteiger partial charge is 0.496 e. The molecule has 0 fully saturated rings. The minimum absolute atomic E-state index is 0.0421. The molecule has 0 saturated heterocycles. The third-order valence-electron chi connectivity index (χ3n) is 16.7. The summed E-state index contributed by atoms with van der Waals surface area (Å²) in [5.41, 5.74) is 12.0. The number of benzene rings is 7. The number of hydroxylamine groups is 2. The Kier molecular flexibility index (Phi) is 41.2. The van der Waals surface area contributed by atoms with E-state index in [1.165, 1.54) is 81.1 Å². The number of anilines is 2. The van der Waals surface area contributed by atoms with Gasteiger partial charge in [0.05, 0.1) is 107 Å². The molecule has 11 N–H and O–H groups in total. The van der Waals surface area contributed by atoms with E-state index in [-0.39, 0.29) is 120 Å². The zero-order valence-corrected chi connectivity index (χ0v) is 76.6. The van der Waals surface area contributed by atoms with E-state index < -0.39 is 119 Å². The molecule has 5 heterocycles. The quantitative estimate of drug-likeness (QED) is 0.00641. The number of aromatic carboxylic acids is 1. The second kappa shape index (κ2) is 50.4. The van der Waals surface area contributed by atoms with Gasteiger partial charge in [-0.3, -0.25) is 69.0 Å². The Morgan fingerprint density at radius 2 is 0.685 bits per heavy atom. The number of aromatic amines is 6. The standard InChI is InChI=1S/2C14H11F3N4O3.C13H13F3O4.C11H12F3NO4.C11H9F3O4.C9H7F3O4.C8H6BrF3O2.C3H6N4O/c1-6-10(19-11-12(18-6)20-21-13(11)22)8-4-3-7(5-9(8)23-2)24-14(15,16)17;1-6-10(19-12-11(18-6)13(22)21-20-12)8-4-3-7(5-9(8)23-2)24-14(15,16)17;1-4-19-8(2)12(17)10-6-5-9(7-11(10)18-3)20-13(14,15)16;1-15(18-3)10(16)8-5-4-7(6-9(8)17-2)19-11(12,13)14;1-6(15)10(16)8-4-3-7(5-9(8)17-2)18-11(12,13)14;1-15-7-4-5(16-9(10,11)12)2-3-6(7)8(13)14;1-13-7-4-5(2-3-6(7)9)14-8(10,11)12;4-1-2(5)6-7-3(1)8/h3-5H,1-2H3,(H2,18,20,21,22);3-5H,1-2H3,(H2,19,20,21,22);5-7H,2,4H2,1,3H3;4-6H,1-3H3;3-5H,1-2H3;2-4H,1H3,(H,13,14);2-4H,1H3;4H2,(H4,5,6,7,8). The molecule has 12 aromatic rings. The maximum atomic E-state index is 12.3. The molecule has 0 aliphatic rings. The molecule has 776 valence electrons. The summed E-state index contributed by atoms with van der Waals surface area (Å²) in [5, 5.41) is 24.0. The number of Topliss-reactive ketones (excluding diaryl/α,β-unsaturated/α-hetero) is 3. The Balaban J connectivity index is 0.000000292. The van der Waals surface area contributed by atoms with E-state index in [2.05, 4.69) is 111 Å². The van der Waals surface area contributed by atoms with Crippen LogP contribution in [0.4, 0.5) is 104 Å². The average Bonchev–Trinajstić information content (AvgIpc) is 1.70. The summed E-state index contributed by atoms with van der Waals surface area (Å²) in [5.74, 6) is -7.01. The number of hydrogen-bond acceptors (Lipinski definition) is 30. The van der Waals surface area contributed by atoms with Crippen molar-refractivity contribution in [2.45, 2.75) is 72.2 Å². The minimum atomic E-state index is -4.84. The van der Waals surface area contributed by atoms with E-state index in [0.29, 0.717) is 38.4 Å². The zero-order chi connectivity index (χ0) is 108. The second-order valence-corrected chi connectivity index (χ2v) is 27.3. The number of halogens is 22. The summed E-state index contributed by atoms with van der Waals surface area (Å²) in [4.78, 5) is 112. The van der Waals surface area contributed by atoms with Gasteiger partial charge in [-0.25, -0.2) is 29.8 Å². The highest BCUT2D eigenvalue weighted by Gasteiger charge is 2.38. The van der Waals surface area contributed by atoms with Crippen molar-refractivity contribution in [2.75, 3.05) is 82.0 Å². The number of amides is 1. The summed E-state index contributed by atoms with van der Waals surface area (Å²) >= 11 is 3.11. The van der Waals surface area contributed by atoms with Gasteiger partial charge < -0.3 is 87.6 Å². The van der Waals surface area contributed by atoms with Gasteiger partial charge in [0.2, 0.25) is 11.6 Å². The number of carbonyl (C=O) groups excluding carboxylic acids is 4. The van der Waals surface area contributed by atoms with Crippen LogP contribution in [0.1, 0.15) is 66.7 Å². The number of carboxylic acids is 1. The molecule has 0 radical (unpaired) electrons. The summed E-state index contributed by atoms with van der Waals surface area (Å²) < 4.78 is 319. The first-order chi connectivity index (χ1) is 66.3. The molecule has 0 saturated carbocycles. The van der Waals surface area contributed by atoms with Crippen LogP contribution in [0.5, 0.6) is 80.5 Å². The molecule has 0 atom stereocenters. The Morgan fingerprint density at radius 1 is 0.392 bits per heavy atom. The van der Waals surface area contributed by atoms with Crippen LogP contribution in [0.25, 0.3) is 44.8 Å². The van der Waals surface area contributed by atoms with Crippen LogP contribution in [0.3, 0.4) is 0 Å². The highest BCUT2D eigenvalue weighted by Crippen LogP contribution is 2.41. The van der Waals surface area contributed by atoms with Gasteiger partial charge in [0.1, 0.15) is 97.6 Å². The van der Waals surface area contributed by atoms with Crippen LogP contribution in [0.15, 0.2) is 159 Å². The molecular weight excluding hydrogens is 2060 g/mol. The van der Waals surface area contributed by atoms with Gasteiger partial charge in [-0.1, -0.05) is 6.58 Å². The van der Waals surface area contributed by atoms with E-state index >= 15 is 0 Å². The first kappa shape index (κ1) is 117. The van der Waals surface area contributed by atoms with Crippen LogP contribution in [-0.2, 0) is 14.4 Å². The number of carboxylic acid groups (broad SMARTS) is 1. The van der Waals surface area contributed by atoms with Crippen molar-refractivity contribution >= 4 is 79.0 Å². The lowest BCUT2D eigenvalue weighted by molar-refractivity contribution is -0.275. The van der Waals surface area contributed by atoms with E-state index in [1.54, 1.807) is 20.8 Å². The van der Waals surface area contributed by atoms with E-state index in [4.69, 9.17) is 54.6 Å². The molecule has 7 aromatic carbocycles. The number of ether oxygens (including phenoxy) is 15. The first-order valence-electron chi connectivity index (χ1n) is 38.3. The molecule has 0 unspecified atom stereocenters. The maximum absolute atomic E-state index is 12.3. The molecule has 0 aliphatic heterocycles. The summed E-state index contributed by atoms with van der Waals surface area (Å²) in [6, 6.07) is 22.9. The van der Waals surface area contributed by atoms with Gasteiger partial charge in [-0.15, -0.1) is 92.2 Å². The molecule has 1 amide bonds. The lowest BCUT2D eigenvalue weighted by Gasteiger charge is -2.16. The molecule has 143 heavy (non-hydrogen) atoms. The number of hydrogen-bond donors (Lipinski definition) is 9. The van der Waals surface area contributed by atoms with E-state index in [0.717, 1.165) is 122 Å². The number of aryl methyl sites for hydroxylation is 2. The molecule has 0 bridgehead atoms. The summed E-state index contributed by atoms with van der Waals surface area (Å²) in [6.07, 6.45) is -33.6. The Labute approximate surface area is 795 Å². The number of nitrogens with one attached hydrogen (secondary N) is 6. The number of alkyl halides is 21. The second-order valence-electron chi connectivity index (χ2n) is 26.4. The van der Waals surface area contributed by atoms with Crippen LogP contribution in [0.2, 0.25) is 0 Å². The first-order valence-corrected chi connectivity index (χ1v) is 39.0. The number of ketones is 3. The minimum Gasteiger partial charge on any atom is -0.496 e. The fourth-order valence-electron chi connectivity index (χ4n) is 10.8. The third-order valence-corrected chi connectivity index (χ3v) is 17.4. The van der Waals surface area contributed by atoms with Gasteiger partial charge >= 0.3 is 50.5 Å². The van der Waals surface area contributed by atoms with Crippen LogP contribution >= 0.6 is 15.9 Å². The third kappa shape index (κ3) is 37.0. The van der Waals surface area contributed by atoms with Crippen LogP contribution in [0, 0.1) is 13.8 Å². The molecule has 5 aromatic heterocycles. The van der Waals surface area contributed by atoms with Gasteiger partial charge in [-0.2, -0.15) is 0 Å². The monoisotopic (exact) mass is 2130 g/mol. The molecule has 12 rings (SSSR count). The number of nitrogens with zero attached hydrogens (tertiary/aromatic N) is 5. The van der Waals surface area contributed by atoms with Crippen molar-refractivity contribution in [3.63, 3.8) is 0 Å². The number of rotatable bonds is 25. The molecule has 0 spiro atoms. The van der Waals surface area contributed by atoms with E-state index in [9.17, 15) is 131 Å². The van der Waals surface area contributed by atoms with Gasteiger partial charge in [0.15, 0.2) is 33.9 Å². The summed E-state index contributed by atoms with van der Waals surface area (Å²) in [6.45, 7) is 9.72. The highest BCUT2D eigenvalue weighted by molar-refractivity contribution is 9.10. The van der Waals surface area contributed by atoms with Crippen molar-refractivity contribution in [2.24, 2.45) is 0 Å². The van der Waals surface area contributed by atoms with E-state index in [1.807, 2.05) is 0 Å². The lowest BCUT2D eigenvalue weighted by Crippen LogP contribution is -2.26. The van der Waals surface area contributed by atoms with Crippen molar-refractivity contribution in [1.82, 2.24) is 55.6 Å². The molecule has 0 aliphatic carbocycles. The predicted octanol–water partition coefficient (Wildman–Crippen LogP) is 17.5. The normalized spacial score (nSPS) is 11.2. The molecular formula is C83H75BrF21N13O25. The SMILES string of the molecule is C=C(OCC)C(=O)c1ccc(OC(F)(F)F)cc1OC.COc1cc(OC(F)(F)F)ccc1-c1nc2[nH][nH]c(=O)c2nc1C.COc1cc(OC(F)(F)F)ccc1-c1nc2c(=O)[nH][nH]c2nc1C.COc1cc(OC(F)(F)F)ccc1Br.COc1cc(OC(F)(F)F)ccc1C(=O)C(C)=O.COc1cc(OC(F)(F)F)ccc1C(=O)N(C)OC.COc1cc(OC(F)(F)F)ccc1C(=O)O.Nc1[nH][nH]c(=O)c1N. The van der Waals surface area contributed by atoms with Crippen molar-refractivity contribution in [3.05, 3.63) is 209 Å². The van der Waals surface area contributed by atoms with Crippen molar-refractivity contribution < 1.29 is 197 Å². The molecule has 38 nitrogen and oxygen atoms in total. The Bertz CT molecular complexity index is 6620. The van der Waals surface area contributed by atoms with Gasteiger partial charge in [-0.05, 0) is 122 Å². The number of methoxy groups -OCH3 is 7. The number of carbonyl (C=O) groups is 5.